The smallest absolute Gasteiger partial charge is 0.128 e. The first kappa shape index (κ1) is 13.3. The lowest BCUT2D eigenvalue weighted by atomic mass is 9.80. The van der Waals surface area contributed by atoms with Crippen molar-refractivity contribution < 1.29 is 5.11 Å². The highest BCUT2D eigenvalue weighted by Gasteiger charge is 2.32. The molecule has 0 spiro atoms. The van der Waals surface area contributed by atoms with Gasteiger partial charge in [0.2, 0.25) is 0 Å². The Labute approximate surface area is 110 Å². The summed E-state index contributed by atoms with van der Waals surface area (Å²) in [6.45, 7) is 10.9. The normalized spacial score (nSPS) is 22.3. The van der Waals surface area contributed by atoms with E-state index in [-0.39, 0.29) is 0 Å². The highest BCUT2D eigenvalue weighted by atomic mass is 16.3. The summed E-state index contributed by atoms with van der Waals surface area (Å²) in [4.78, 5) is 6.81. The Morgan fingerprint density at radius 3 is 2.56 bits per heavy atom. The average molecular weight is 248 g/mol. The predicted octanol–water partition coefficient (Wildman–Crippen LogP) is 3.01. The van der Waals surface area contributed by atoms with E-state index in [2.05, 4.69) is 30.7 Å². The highest BCUT2D eigenvalue weighted by molar-refractivity contribution is 5.41. The van der Waals surface area contributed by atoms with Crippen LogP contribution in [0.4, 0.5) is 5.82 Å². The lowest BCUT2D eigenvalue weighted by Crippen LogP contribution is -2.26. The van der Waals surface area contributed by atoms with Gasteiger partial charge in [-0.3, -0.25) is 0 Å². The van der Waals surface area contributed by atoms with Gasteiger partial charge in [-0.25, -0.2) is 4.98 Å². The third-order valence-electron chi connectivity index (χ3n) is 3.99. The molecule has 1 aromatic heterocycles. The molecule has 1 saturated heterocycles. The fourth-order valence-electron chi connectivity index (χ4n) is 2.51. The van der Waals surface area contributed by atoms with E-state index in [4.69, 9.17) is 0 Å². The van der Waals surface area contributed by atoms with Gasteiger partial charge in [0.1, 0.15) is 5.82 Å². The molecule has 2 rings (SSSR count). The van der Waals surface area contributed by atoms with E-state index < -0.39 is 6.10 Å². The van der Waals surface area contributed by atoms with Crippen LogP contribution in [0.5, 0.6) is 0 Å². The summed E-state index contributed by atoms with van der Waals surface area (Å²) in [6.07, 6.45) is 2.58. The minimum Gasteiger partial charge on any atom is -0.389 e. The van der Waals surface area contributed by atoms with Gasteiger partial charge >= 0.3 is 0 Å². The van der Waals surface area contributed by atoms with Crippen LogP contribution >= 0.6 is 0 Å². The van der Waals surface area contributed by atoms with E-state index in [1.54, 1.807) is 13.1 Å². The van der Waals surface area contributed by atoms with Gasteiger partial charge in [-0.15, -0.1) is 0 Å². The standard InChI is InChI=1S/C15H24N2O/c1-11(18)12-5-6-14(16-9-12)17-8-7-13(10-17)15(2,3)4/h5-6,9,11,13,18H,7-8,10H2,1-4H3. The summed E-state index contributed by atoms with van der Waals surface area (Å²) in [5, 5.41) is 9.48. The van der Waals surface area contributed by atoms with Crippen LogP contribution in [0, 0.1) is 11.3 Å². The maximum Gasteiger partial charge on any atom is 0.128 e. The quantitative estimate of drug-likeness (QED) is 0.874. The van der Waals surface area contributed by atoms with Gasteiger partial charge in [-0.2, -0.15) is 0 Å². The Morgan fingerprint density at radius 2 is 2.11 bits per heavy atom. The third-order valence-corrected chi connectivity index (χ3v) is 3.99. The van der Waals surface area contributed by atoms with Gasteiger partial charge in [-0.05, 0) is 36.3 Å². The van der Waals surface area contributed by atoms with Gasteiger partial charge in [0.15, 0.2) is 0 Å². The fraction of sp³-hybridized carbons (Fsp3) is 0.667. The third kappa shape index (κ3) is 2.83. The van der Waals surface area contributed by atoms with E-state index in [1.165, 1.54) is 6.42 Å². The molecule has 1 aliphatic rings. The number of rotatable bonds is 2. The van der Waals surface area contributed by atoms with Gasteiger partial charge in [0, 0.05) is 19.3 Å². The van der Waals surface area contributed by atoms with Crippen molar-refractivity contribution in [3.63, 3.8) is 0 Å². The van der Waals surface area contributed by atoms with Crippen molar-refractivity contribution >= 4 is 5.82 Å². The molecule has 0 saturated carbocycles. The van der Waals surface area contributed by atoms with Gasteiger partial charge in [0.05, 0.1) is 6.10 Å². The molecule has 2 heterocycles. The van der Waals surface area contributed by atoms with Crippen molar-refractivity contribution in [1.29, 1.82) is 0 Å². The van der Waals surface area contributed by atoms with Crippen molar-refractivity contribution in [2.45, 2.75) is 40.2 Å². The van der Waals surface area contributed by atoms with Crippen LogP contribution in [0.2, 0.25) is 0 Å². The number of hydrogen-bond donors (Lipinski definition) is 1. The molecule has 0 aliphatic carbocycles. The van der Waals surface area contributed by atoms with E-state index in [0.717, 1.165) is 30.4 Å². The molecule has 2 atom stereocenters. The van der Waals surface area contributed by atoms with Gasteiger partial charge in [0.25, 0.3) is 0 Å². The second-order valence-corrected chi connectivity index (χ2v) is 6.42. The lowest BCUT2D eigenvalue weighted by Gasteiger charge is -2.27. The molecule has 100 valence electrons. The summed E-state index contributed by atoms with van der Waals surface area (Å²) >= 11 is 0. The molecule has 1 N–H and O–H groups in total. The maximum atomic E-state index is 9.48. The zero-order valence-electron chi connectivity index (χ0n) is 11.8. The summed E-state index contributed by atoms with van der Waals surface area (Å²) in [5.41, 5.74) is 1.25. The summed E-state index contributed by atoms with van der Waals surface area (Å²) in [5.74, 6) is 1.77. The monoisotopic (exact) mass is 248 g/mol. The van der Waals surface area contributed by atoms with Crippen molar-refractivity contribution in [2.75, 3.05) is 18.0 Å². The Hall–Kier alpha value is -1.09. The minimum absolute atomic E-state index is 0.369. The van der Waals surface area contributed by atoms with E-state index in [1.807, 2.05) is 12.1 Å². The van der Waals surface area contributed by atoms with Crippen molar-refractivity contribution in [1.82, 2.24) is 4.98 Å². The zero-order valence-corrected chi connectivity index (χ0v) is 11.8. The molecule has 1 fully saturated rings. The Bertz CT molecular complexity index is 392. The summed E-state index contributed by atoms with van der Waals surface area (Å²) in [6, 6.07) is 3.99. The van der Waals surface area contributed by atoms with Crippen LogP contribution in [-0.2, 0) is 0 Å². The van der Waals surface area contributed by atoms with Crippen LogP contribution in [-0.4, -0.2) is 23.2 Å². The second kappa shape index (κ2) is 4.88. The SMILES string of the molecule is CC(O)c1ccc(N2CCC(C(C)(C)C)C2)nc1. The molecule has 0 amide bonds. The first-order chi connectivity index (χ1) is 8.38. The molecule has 0 bridgehead atoms. The van der Waals surface area contributed by atoms with Crippen LogP contribution in [0.3, 0.4) is 0 Å². The predicted molar refractivity (Wildman–Crippen MR) is 74.6 cm³/mol. The number of aliphatic hydroxyl groups is 1. The minimum atomic E-state index is -0.438. The number of anilines is 1. The van der Waals surface area contributed by atoms with Crippen molar-refractivity contribution in [2.24, 2.45) is 11.3 Å². The Balaban J connectivity index is 2.05. The number of aromatic nitrogens is 1. The molecule has 3 nitrogen and oxygen atoms in total. The summed E-state index contributed by atoms with van der Waals surface area (Å²) < 4.78 is 0. The highest BCUT2D eigenvalue weighted by Crippen LogP contribution is 2.35. The Morgan fingerprint density at radius 1 is 1.39 bits per heavy atom. The van der Waals surface area contributed by atoms with Crippen LogP contribution in [0.15, 0.2) is 18.3 Å². The van der Waals surface area contributed by atoms with E-state index >= 15 is 0 Å². The van der Waals surface area contributed by atoms with E-state index in [9.17, 15) is 5.11 Å². The topological polar surface area (TPSA) is 36.4 Å². The molecule has 3 heteroatoms. The van der Waals surface area contributed by atoms with Crippen molar-refractivity contribution in [3.8, 4) is 0 Å². The van der Waals surface area contributed by atoms with E-state index in [0.29, 0.717) is 5.41 Å². The molecule has 2 unspecified atom stereocenters. The molecular formula is C15H24N2O. The molecule has 1 aromatic rings. The van der Waals surface area contributed by atoms with Crippen LogP contribution < -0.4 is 4.90 Å². The van der Waals surface area contributed by atoms with Crippen LogP contribution in [0.25, 0.3) is 0 Å². The molecule has 18 heavy (non-hydrogen) atoms. The summed E-state index contributed by atoms with van der Waals surface area (Å²) in [7, 11) is 0. The van der Waals surface area contributed by atoms with Gasteiger partial charge < -0.3 is 10.0 Å². The maximum absolute atomic E-state index is 9.48. The first-order valence-corrected chi connectivity index (χ1v) is 6.77. The first-order valence-electron chi connectivity index (χ1n) is 6.77. The number of pyridine rings is 1. The molecule has 1 aliphatic heterocycles. The zero-order chi connectivity index (χ0) is 13.3. The Kier molecular flexibility index (Phi) is 3.62. The fourth-order valence-corrected chi connectivity index (χ4v) is 2.51. The second-order valence-electron chi connectivity index (χ2n) is 6.42. The largest absolute Gasteiger partial charge is 0.389 e. The molecular weight excluding hydrogens is 224 g/mol. The van der Waals surface area contributed by atoms with Crippen molar-refractivity contribution in [3.05, 3.63) is 23.9 Å². The average Bonchev–Trinajstić information content (AvgIpc) is 2.78. The molecule has 0 radical (unpaired) electrons. The molecule has 0 aromatic carbocycles. The lowest BCUT2D eigenvalue weighted by molar-refractivity contribution is 0.199. The number of aliphatic hydroxyl groups excluding tert-OH is 1. The number of hydrogen-bond acceptors (Lipinski definition) is 3. The van der Waals surface area contributed by atoms with Crippen LogP contribution in [0.1, 0.15) is 45.8 Å². The van der Waals surface area contributed by atoms with Gasteiger partial charge in [-0.1, -0.05) is 26.8 Å². The number of nitrogens with zero attached hydrogens (tertiary/aromatic N) is 2.